The number of aryl methyl sites for hydroxylation is 2. The highest BCUT2D eigenvalue weighted by atomic mass is 32.2. The third-order valence-electron chi connectivity index (χ3n) is 4.44. The Hall–Kier alpha value is -2.60. The zero-order valence-electron chi connectivity index (χ0n) is 15.5. The predicted octanol–water partition coefficient (Wildman–Crippen LogP) is 3.68. The van der Waals surface area contributed by atoms with Crippen molar-refractivity contribution < 1.29 is 14.4 Å². The molecular formula is C21H22N2O3S. The number of rotatable bonds is 6. The van der Waals surface area contributed by atoms with Crippen molar-refractivity contribution in [2.45, 2.75) is 38.1 Å². The summed E-state index contributed by atoms with van der Waals surface area (Å²) < 4.78 is 0. The molecule has 6 heteroatoms. The summed E-state index contributed by atoms with van der Waals surface area (Å²) in [5.74, 6) is 0.0169. The van der Waals surface area contributed by atoms with Crippen molar-refractivity contribution in [3.05, 3.63) is 59.2 Å². The number of imide groups is 1. The SMILES string of the molecule is Cc1ccc(C)c(SCC(=O)Nc2ccc(CN3C(=O)CCC3=O)cc2)c1. The van der Waals surface area contributed by atoms with Gasteiger partial charge in [-0.1, -0.05) is 29.8 Å². The Morgan fingerprint density at radius 3 is 2.37 bits per heavy atom. The lowest BCUT2D eigenvalue weighted by Gasteiger charge is -2.14. The number of carbonyl (C=O) groups excluding carboxylic acids is 3. The van der Waals surface area contributed by atoms with Gasteiger partial charge in [0.05, 0.1) is 12.3 Å². The highest BCUT2D eigenvalue weighted by Gasteiger charge is 2.28. The highest BCUT2D eigenvalue weighted by molar-refractivity contribution is 8.00. The molecule has 0 spiro atoms. The molecule has 0 bridgehead atoms. The summed E-state index contributed by atoms with van der Waals surface area (Å²) in [6.07, 6.45) is 0.593. The topological polar surface area (TPSA) is 66.5 Å². The third-order valence-corrected chi connectivity index (χ3v) is 5.59. The predicted molar refractivity (Wildman–Crippen MR) is 107 cm³/mol. The molecule has 0 radical (unpaired) electrons. The number of hydrogen-bond donors (Lipinski definition) is 1. The molecule has 3 amide bonds. The van der Waals surface area contributed by atoms with Crippen molar-refractivity contribution in [2.24, 2.45) is 0 Å². The maximum absolute atomic E-state index is 12.2. The average Bonchev–Trinajstić information content (AvgIpc) is 2.96. The van der Waals surface area contributed by atoms with Gasteiger partial charge in [-0.25, -0.2) is 0 Å². The molecule has 0 saturated carbocycles. The van der Waals surface area contributed by atoms with E-state index >= 15 is 0 Å². The van der Waals surface area contributed by atoms with E-state index in [-0.39, 0.29) is 24.3 Å². The Morgan fingerprint density at radius 2 is 1.70 bits per heavy atom. The van der Waals surface area contributed by atoms with Crippen LogP contribution in [0, 0.1) is 13.8 Å². The van der Waals surface area contributed by atoms with Gasteiger partial charge >= 0.3 is 0 Å². The first-order valence-electron chi connectivity index (χ1n) is 8.84. The summed E-state index contributed by atoms with van der Waals surface area (Å²) in [5.41, 5.74) is 3.90. The molecule has 3 rings (SSSR count). The van der Waals surface area contributed by atoms with Crippen molar-refractivity contribution in [1.29, 1.82) is 0 Å². The van der Waals surface area contributed by atoms with Crippen LogP contribution in [0.25, 0.3) is 0 Å². The second kappa shape index (κ2) is 8.39. The van der Waals surface area contributed by atoms with Crippen LogP contribution in [0.1, 0.15) is 29.5 Å². The van der Waals surface area contributed by atoms with Crippen molar-refractivity contribution in [3.63, 3.8) is 0 Å². The van der Waals surface area contributed by atoms with Crippen molar-refractivity contribution in [1.82, 2.24) is 4.90 Å². The molecule has 1 saturated heterocycles. The van der Waals surface area contributed by atoms with Gasteiger partial charge in [0, 0.05) is 23.4 Å². The molecule has 1 fully saturated rings. The fourth-order valence-corrected chi connectivity index (χ4v) is 3.80. The van der Waals surface area contributed by atoms with E-state index in [1.807, 2.05) is 26.0 Å². The van der Waals surface area contributed by atoms with Crippen LogP contribution in [0.2, 0.25) is 0 Å². The number of anilines is 1. The van der Waals surface area contributed by atoms with Crippen molar-refractivity contribution in [2.75, 3.05) is 11.1 Å². The maximum Gasteiger partial charge on any atom is 0.234 e. The Bertz CT molecular complexity index is 861. The van der Waals surface area contributed by atoms with E-state index in [2.05, 4.69) is 23.5 Å². The Morgan fingerprint density at radius 1 is 1.04 bits per heavy atom. The molecule has 0 atom stereocenters. The summed E-state index contributed by atoms with van der Waals surface area (Å²) in [6.45, 7) is 4.36. The summed E-state index contributed by atoms with van der Waals surface area (Å²) in [7, 11) is 0. The zero-order valence-corrected chi connectivity index (χ0v) is 16.3. The molecule has 1 aliphatic heterocycles. The highest BCUT2D eigenvalue weighted by Crippen LogP contribution is 2.24. The largest absolute Gasteiger partial charge is 0.325 e. The first kappa shape index (κ1) is 19.2. The van der Waals surface area contributed by atoms with Gasteiger partial charge in [0.1, 0.15) is 0 Å². The van der Waals surface area contributed by atoms with Crippen LogP contribution in [0.3, 0.4) is 0 Å². The van der Waals surface area contributed by atoms with Gasteiger partial charge in [-0.05, 0) is 43.2 Å². The molecule has 27 heavy (non-hydrogen) atoms. The lowest BCUT2D eigenvalue weighted by Crippen LogP contribution is -2.28. The minimum atomic E-state index is -0.124. The molecule has 0 unspecified atom stereocenters. The van der Waals surface area contributed by atoms with Crippen LogP contribution in [0.5, 0.6) is 0 Å². The lowest BCUT2D eigenvalue weighted by atomic mass is 10.2. The first-order chi connectivity index (χ1) is 12.9. The first-order valence-corrected chi connectivity index (χ1v) is 9.83. The molecule has 1 heterocycles. The smallest absolute Gasteiger partial charge is 0.234 e. The van der Waals surface area contributed by atoms with Crippen LogP contribution >= 0.6 is 11.8 Å². The number of amides is 3. The van der Waals surface area contributed by atoms with E-state index in [9.17, 15) is 14.4 Å². The number of likely N-dealkylation sites (tertiary alicyclic amines) is 1. The summed E-state index contributed by atoms with van der Waals surface area (Å²) >= 11 is 1.52. The van der Waals surface area contributed by atoms with E-state index in [1.165, 1.54) is 22.2 Å². The number of nitrogens with one attached hydrogen (secondary N) is 1. The van der Waals surface area contributed by atoms with E-state index < -0.39 is 0 Å². The minimum Gasteiger partial charge on any atom is -0.325 e. The molecule has 0 aromatic heterocycles. The second-order valence-corrected chi connectivity index (χ2v) is 7.69. The van der Waals surface area contributed by atoms with Gasteiger partial charge in [0.25, 0.3) is 0 Å². The van der Waals surface area contributed by atoms with Gasteiger partial charge in [-0.3, -0.25) is 19.3 Å². The summed E-state index contributed by atoms with van der Waals surface area (Å²) in [5, 5.41) is 2.88. The third kappa shape index (κ3) is 4.98. The monoisotopic (exact) mass is 382 g/mol. The van der Waals surface area contributed by atoms with Crippen molar-refractivity contribution >= 4 is 35.2 Å². The molecule has 2 aromatic carbocycles. The van der Waals surface area contributed by atoms with Crippen molar-refractivity contribution in [3.8, 4) is 0 Å². The Balaban J connectivity index is 1.53. The van der Waals surface area contributed by atoms with Gasteiger partial charge in [0.2, 0.25) is 17.7 Å². The molecule has 5 nitrogen and oxygen atoms in total. The maximum atomic E-state index is 12.2. The number of thioether (sulfide) groups is 1. The summed E-state index contributed by atoms with van der Waals surface area (Å²) in [4.78, 5) is 38.0. The molecule has 0 aliphatic carbocycles. The van der Waals surface area contributed by atoms with Crippen LogP contribution in [-0.2, 0) is 20.9 Å². The normalized spacial score (nSPS) is 13.9. The van der Waals surface area contributed by atoms with E-state index in [0.717, 1.165) is 16.0 Å². The van der Waals surface area contributed by atoms with Gasteiger partial charge in [0.15, 0.2) is 0 Å². The molecular weight excluding hydrogens is 360 g/mol. The van der Waals surface area contributed by atoms with Gasteiger partial charge in [-0.15, -0.1) is 11.8 Å². The average molecular weight is 382 g/mol. The Labute approximate surface area is 163 Å². The standard InChI is InChI=1S/C21H22N2O3S/c1-14-3-4-15(2)18(11-14)27-13-19(24)22-17-7-5-16(6-8-17)12-23-20(25)9-10-21(23)26/h3-8,11H,9-10,12-13H2,1-2H3,(H,22,24). The van der Waals surface area contributed by atoms with Gasteiger partial charge < -0.3 is 5.32 Å². The molecule has 1 N–H and O–H groups in total. The summed E-state index contributed by atoms with van der Waals surface area (Å²) in [6, 6.07) is 13.4. The second-order valence-electron chi connectivity index (χ2n) is 6.68. The molecule has 1 aliphatic rings. The zero-order chi connectivity index (χ0) is 19.4. The van der Waals surface area contributed by atoms with Crippen LogP contribution in [-0.4, -0.2) is 28.4 Å². The van der Waals surface area contributed by atoms with Crippen LogP contribution in [0.4, 0.5) is 5.69 Å². The quantitative estimate of drug-likeness (QED) is 0.611. The lowest BCUT2D eigenvalue weighted by molar-refractivity contribution is -0.139. The van der Waals surface area contributed by atoms with Crippen LogP contribution < -0.4 is 5.32 Å². The van der Waals surface area contributed by atoms with E-state index in [0.29, 0.717) is 24.3 Å². The minimum absolute atomic E-state index is 0.0708. The fourth-order valence-electron chi connectivity index (χ4n) is 2.88. The number of benzene rings is 2. The van der Waals surface area contributed by atoms with Crippen LogP contribution in [0.15, 0.2) is 47.4 Å². The van der Waals surface area contributed by atoms with Gasteiger partial charge in [-0.2, -0.15) is 0 Å². The molecule has 2 aromatic rings. The number of nitrogens with zero attached hydrogens (tertiary/aromatic N) is 1. The number of carbonyl (C=O) groups is 3. The van der Waals surface area contributed by atoms with E-state index in [1.54, 1.807) is 12.1 Å². The van der Waals surface area contributed by atoms with E-state index in [4.69, 9.17) is 0 Å². The fraction of sp³-hybridized carbons (Fsp3) is 0.286. The number of hydrogen-bond acceptors (Lipinski definition) is 4. The Kier molecular flexibility index (Phi) is 5.96. The molecule has 140 valence electrons.